The third-order valence-corrected chi connectivity index (χ3v) is 2.07. The summed E-state index contributed by atoms with van der Waals surface area (Å²) in [5.41, 5.74) is 1.65. The fourth-order valence-corrected chi connectivity index (χ4v) is 1.23. The van der Waals surface area contributed by atoms with Crippen molar-refractivity contribution in [2.75, 3.05) is 20.2 Å². The summed E-state index contributed by atoms with van der Waals surface area (Å²) in [6, 6.07) is -0.431. The molecule has 5 N–H and O–H groups in total. The molecule has 0 aromatic heterocycles. The smallest absolute Gasteiger partial charge is 0.251 e. The lowest BCUT2D eigenvalue weighted by Crippen LogP contribution is -2.41. The molecule has 0 heterocycles. The molecular weight excluding hydrogens is 230 g/mol. The number of Topliss-reactive ketones (excluding diaryl/α,β-unsaturated/α-hetero) is 1. The number of hydrazine groups is 1. The van der Waals surface area contributed by atoms with Crippen LogP contribution in [0.4, 0.5) is 0 Å². The standard InChI is InChI=1S/C8H17N5O4/c1-10-6(7(15)5-14)3-2-4-11-8(9)12-13(16)17/h6,10,14H,2-5H2,1H3,(H3,9,11,12)/t6-/m0/s1. The zero-order chi connectivity index (χ0) is 13.3. The predicted octanol–water partition coefficient (Wildman–Crippen LogP) is -1.78. The number of ketones is 1. The summed E-state index contributed by atoms with van der Waals surface area (Å²) in [5.74, 6) is -0.699. The molecule has 0 aliphatic heterocycles. The SMILES string of the molecule is CN[C@@H](CCCNC(=N)N[N+](=O)[O-])C(=O)CO. The number of guanidine groups is 1. The summed E-state index contributed by atoms with van der Waals surface area (Å²) in [5, 5.41) is 30.1. The van der Waals surface area contributed by atoms with Gasteiger partial charge in [0.25, 0.3) is 5.96 Å². The topological polar surface area (TPSA) is 140 Å². The molecule has 1 atom stereocenters. The molecule has 0 fully saturated rings. The Bertz CT molecular complexity index is 283. The highest BCUT2D eigenvalue weighted by atomic mass is 16.7. The molecular formula is C8H17N5O4. The first-order valence-corrected chi connectivity index (χ1v) is 5.05. The summed E-state index contributed by atoms with van der Waals surface area (Å²) in [4.78, 5) is 21.1. The monoisotopic (exact) mass is 247 g/mol. The van der Waals surface area contributed by atoms with Crippen molar-refractivity contribution in [2.24, 2.45) is 0 Å². The van der Waals surface area contributed by atoms with Gasteiger partial charge in [-0.15, -0.1) is 0 Å². The van der Waals surface area contributed by atoms with Gasteiger partial charge in [-0.3, -0.25) is 10.2 Å². The number of aliphatic hydroxyl groups excluding tert-OH is 1. The van der Waals surface area contributed by atoms with E-state index in [0.29, 0.717) is 19.4 Å². The van der Waals surface area contributed by atoms with Crippen molar-refractivity contribution in [1.82, 2.24) is 16.1 Å². The summed E-state index contributed by atoms with van der Waals surface area (Å²) in [7, 11) is 1.61. The fraction of sp³-hybridized carbons (Fsp3) is 0.750. The maximum absolute atomic E-state index is 11.1. The Morgan fingerprint density at radius 2 is 2.24 bits per heavy atom. The van der Waals surface area contributed by atoms with Gasteiger partial charge in [0.15, 0.2) is 10.8 Å². The van der Waals surface area contributed by atoms with Crippen LogP contribution in [0.25, 0.3) is 0 Å². The van der Waals surface area contributed by atoms with Gasteiger partial charge in [0.2, 0.25) is 0 Å². The number of likely N-dealkylation sites (N-methyl/N-ethyl adjacent to an activating group) is 1. The van der Waals surface area contributed by atoms with E-state index in [-0.39, 0.29) is 5.78 Å². The van der Waals surface area contributed by atoms with Crippen LogP contribution in [0.1, 0.15) is 12.8 Å². The Morgan fingerprint density at radius 1 is 1.59 bits per heavy atom. The van der Waals surface area contributed by atoms with Crippen LogP contribution in [0.15, 0.2) is 0 Å². The molecule has 0 radical (unpaired) electrons. The van der Waals surface area contributed by atoms with Crippen LogP contribution in [-0.2, 0) is 4.79 Å². The van der Waals surface area contributed by atoms with Crippen molar-refractivity contribution >= 4 is 11.7 Å². The Labute approximate surface area is 98.2 Å². The molecule has 9 heteroatoms. The van der Waals surface area contributed by atoms with Crippen molar-refractivity contribution in [3.05, 3.63) is 10.1 Å². The lowest BCUT2D eigenvalue weighted by atomic mass is 10.1. The van der Waals surface area contributed by atoms with E-state index in [1.807, 2.05) is 0 Å². The van der Waals surface area contributed by atoms with Crippen LogP contribution in [-0.4, -0.2) is 48.1 Å². The van der Waals surface area contributed by atoms with Gasteiger partial charge in [0, 0.05) is 6.54 Å². The third-order valence-electron chi connectivity index (χ3n) is 2.07. The molecule has 0 aromatic rings. The van der Waals surface area contributed by atoms with Crippen LogP contribution in [0.2, 0.25) is 0 Å². The molecule has 0 saturated carbocycles. The zero-order valence-corrected chi connectivity index (χ0v) is 9.52. The van der Waals surface area contributed by atoms with E-state index >= 15 is 0 Å². The lowest BCUT2D eigenvalue weighted by molar-refractivity contribution is -0.525. The van der Waals surface area contributed by atoms with Crippen molar-refractivity contribution in [2.45, 2.75) is 18.9 Å². The number of rotatable bonds is 8. The summed E-state index contributed by atoms with van der Waals surface area (Å²) in [6.07, 6.45) is 1.02. The molecule has 0 aliphatic rings. The molecule has 0 aromatic carbocycles. The Balaban J connectivity index is 3.72. The number of nitro groups is 1. The molecule has 0 spiro atoms. The number of aliphatic hydroxyl groups is 1. The van der Waals surface area contributed by atoms with Gasteiger partial charge < -0.3 is 15.7 Å². The average molecular weight is 247 g/mol. The predicted molar refractivity (Wildman–Crippen MR) is 60.0 cm³/mol. The van der Waals surface area contributed by atoms with Gasteiger partial charge in [-0.1, -0.05) is 5.43 Å². The van der Waals surface area contributed by atoms with Crippen LogP contribution < -0.4 is 16.1 Å². The third kappa shape index (κ3) is 7.19. The van der Waals surface area contributed by atoms with E-state index in [9.17, 15) is 14.9 Å². The first-order chi connectivity index (χ1) is 8.01. The Kier molecular flexibility index (Phi) is 7.55. The number of hydrogen-bond donors (Lipinski definition) is 5. The summed E-state index contributed by atoms with van der Waals surface area (Å²) >= 11 is 0. The highest BCUT2D eigenvalue weighted by Crippen LogP contribution is 1.97. The number of carbonyl (C=O) groups is 1. The van der Waals surface area contributed by atoms with E-state index in [4.69, 9.17) is 10.5 Å². The fourth-order valence-electron chi connectivity index (χ4n) is 1.23. The quantitative estimate of drug-likeness (QED) is 0.112. The first kappa shape index (κ1) is 15.3. The summed E-state index contributed by atoms with van der Waals surface area (Å²) in [6.45, 7) is -0.186. The maximum atomic E-state index is 11.1. The minimum Gasteiger partial charge on any atom is -0.389 e. The van der Waals surface area contributed by atoms with E-state index in [1.54, 1.807) is 12.5 Å². The Hall–Kier alpha value is -1.74. The average Bonchev–Trinajstić information content (AvgIpc) is 2.27. The number of nitrogens with zero attached hydrogens (tertiary/aromatic N) is 1. The molecule has 9 nitrogen and oxygen atoms in total. The second kappa shape index (κ2) is 8.42. The second-order valence-electron chi connectivity index (χ2n) is 3.28. The Morgan fingerprint density at radius 3 is 2.71 bits per heavy atom. The van der Waals surface area contributed by atoms with Gasteiger partial charge in [-0.2, -0.15) is 0 Å². The molecule has 0 bridgehead atoms. The first-order valence-electron chi connectivity index (χ1n) is 5.05. The van der Waals surface area contributed by atoms with E-state index < -0.39 is 23.6 Å². The number of hydrogen-bond acceptors (Lipinski definition) is 6. The highest BCUT2D eigenvalue weighted by molar-refractivity contribution is 5.84. The van der Waals surface area contributed by atoms with E-state index in [1.165, 1.54) is 0 Å². The minimum atomic E-state index is -0.832. The van der Waals surface area contributed by atoms with Gasteiger partial charge in [0.05, 0.1) is 6.04 Å². The molecule has 98 valence electrons. The number of carbonyl (C=O) groups excluding carboxylic acids is 1. The van der Waals surface area contributed by atoms with Crippen molar-refractivity contribution in [3.8, 4) is 0 Å². The van der Waals surface area contributed by atoms with E-state index in [0.717, 1.165) is 0 Å². The number of nitrogens with one attached hydrogen (secondary N) is 4. The molecule has 17 heavy (non-hydrogen) atoms. The summed E-state index contributed by atoms with van der Waals surface area (Å²) < 4.78 is 0. The molecule has 0 amide bonds. The van der Waals surface area contributed by atoms with Crippen LogP contribution in [0, 0.1) is 15.5 Å². The maximum Gasteiger partial charge on any atom is 0.251 e. The van der Waals surface area contributed by atoms with Gasteiger partial charge in [-0.05, 0) is 19.9 Å². The largest absolute Gasteiger partial charge is 0.389 e. The van der Waals surface area contributed by atoms with Crippen molar-refractivity contribution in [3.63, 3.8) is 0 Å². The molecule has 0 unspecified atom stereocenters. The zero-order valence-electron chi connectivity index (χ0n) is 9.52. The second-order valence-corrected chi connectivity index (χ2v) is 3.28. The normalized spacial score (nSPS) is 11.6. The minimum absolute atomic E-state index is 0.300. The molecule has 0 aliphatic carbocycles. The molecule has 0 saturated heterocycles. The van der Waals surface area contributed by atoms with Gasteiger partial charge >= 0.3 is 0 Å². The van der Waals surface area contributed by atoms with Crippen LogP contribution in [0.3, 0.4) is 0 Å². The van der Waals surface area contributed by atoms with Gasteiger partial charge in [0.1, 0.15) is 6.61 Å². The van der Waals surface area contributed by atoms with Crippen molar-refractivity contribution < 1.29 is 14.9 Å². The highest BCUT2D eigenvalue weighted by Gasteiger charge is 2.14. The van der Waals surface area contributed by atoms with E-state index in [2.05, 4.69) is 10.6 Å². The van der Waals surface area contributed by atoms with Crippen LogP contribution >= 0.6 is 0 Å². The van der Waals surface area contributed by atoms with Crippen LogP contribution in [0.5, 0.6) is 0 Å². The lowest BCUT2D eigenvalue weighted by Gasteiger charge is -2.13. The molecule has 0 rings (SSSR count). The van der Waals surface area contributed by atoms with Crippen molar-refractivity contribution in [1.29, 1.82) is 5.41 Å². The van der Waals surface area contributed by atoms with Gasteiger partial charge in [-0.25, -0.2) is 10.1 Å².